The highest BCUT2D eigenvalue weighted by Gasteiger charge is 2.20. The maximum absolute atomic E-state index is 12.5. The Kier molecular flexibility index (Phi) is 6.99. The summed E-state index contributed by atoms with van der Waals surface area (Å²) in [6.45, 7) is 8.13. The van der Waals surface area contributed by atoms with E-state index in [0.29, 0.717) is 11.0 Å². The van der Waals surface area contributed by atoms with E-state index in [4.69, 9.17) is 10.6 Å². The molecule has 0 bridgehead atoms. The minimum atomic E-state index is -0.393. The van der Waals surface area contributed by atoms with E-state index in [9.17, 15) is 4.79 Å². The molecule has 3 aromatic rings. The van der Waals surface area contributed by atoms with Crippen molar-refractivity contribution in [2.75, 3.05) is 11.2 Å². The zero-order valence-electron chi connectivity index (χ0n) is 17.7. The highest BCUT2D eigenvalue weighted by Crippen LogP contribution is 2.23. The molecule has 0 saturated carbocycles. The predicted octanol–water partition coefficient (Wildman–Crippen LogP) is 3.87. The lowest BCUT2D eigenvalue weighted by atomic mass is 10.1. The molecular formula is C22H27N5O2S. The van der Waals surface area contributed by atoms with E-state index in [-0.39, 0.29) is 12.5 Å². The van der Waals surface area contributed by atoms with Crippen LogP contribution in [0.25, 0.3) is 0 Å². The zero-order chi connectivity index (χ0) is 21.7. The summed E-state index contributed by atoms with van der Waals surface area (Å²) in [6, 6.07) is 13.8. The number of anilines is 1. The standard InChI is InChI=1S/C22H27N5O2S/c1-5-17-6-8-18(9-7-17)24-21(28)16(4)30-22-26-25-20(27(22)23)13-29-19-11-14(2)10-15(3)12-19/h6-12,16H,5,13,23H2,1-4H3,(H,24,28)/t16-/m1/s1. The molecule has 0 aliphatic carbocycles. The number of benzene rings is 2. The third-order valence-corrected chi connectivity index (χ3v) is 5.64. The van der Waals surface area contributed by atoms with Crippen LogP contribution in [-0.2, 0) is 17.8 Å². The van der Waals surface area contributed by atoms with Crippen LogP contribution in [0, 0.1) is 13.8 Å². The molecule has 0 aliphatic heterocycles. The summed E-state index contributed by atoms with van der Waals surface area (Å²) < 4.78 is 7.17. The number of nitrogen functional groups attached to an aromatic ring is 1. The number of carbonyl (C=O) groups is 1. The fourth-order valence-corrected chi connectivity index (χ4v) is 3.72. The number of thioether (sulfide) groups is 1. The first kappa shape index (κ1) is 21.7. The fourth-order valence-electron chi connectivity index (χ4n) is 2.93. The van der Waals surface area contributed by atoms with E-state index in [1.807, 2.05) is 50.2 Å². The largest absolute Gasteiger partial charge is 0.486 e. The Balaban J connectivity index is 1.58. The molecule has 1 aromatic heterocycles. The topological polar surface area (TPSA) is 95.1 Å². The van der Waals surface area contributed by atoms with Gasteiger partial charge in [-0.2, -0.15) is 0 Å². The lowest BCUT2D eigenvalue weighted by Gasteiger charge is -2.12. The van der Waals surface area contributed by atoms with Crippen molar-refractivity contribution >= 4 is 23.4 Å². The Labute approximate surface area is 181 Å². The number of nitrogens with zero attached hydrogens (tertiary/aromatic N) is 3. The number of nitrogens with two attached hydrogens (primary N) is 1. The van der Waals surface area contributed by atoms with Crippen molar-refractivity contribution in [3.05, 3.63) is 65.0 Å². The van der Waals surface area contributed by atoms with E-state index in [2.05, 4.69) is 28.5 Å². The number of nitrogens with one attached hydrogen (secondary N) is 1. The molecule has 8 heteroatoms. The monoisotopic (exact) mass is 425 g/mol. The van der Waals surface area contributed by atoms with Gasteiger partial charge in [-0.1, -0.05) is 36.9 Å². The molecule has 1 heterocycles. The first-order valence-electron chi connectivity index (χ1n) is 9.82. The van der Waals surface area contributed by atoms with Gasteiger partial charge in [-0.15, -0.1) is 10.2 Å². The Hall–Kier alpha value is -3.00. The molecule has 1 amide bonds. The molecule has 0 fully saturated rings. The Morgan fingerprint density at radius 2 is 1.83 bits per heavy atom. The van der Waals surface area contributed by atoms with Crippen LogP contribution in [0.2, 0.25) is 0 Å². The van der Waals surface area contributed by atoms with Crippen molar-refractivity contribution in [1.82, 2.24) is 14.9 Å². The second-order valence-electron chi connectivity index (χ2n) is 7.18. The van der Waals surface area contributed by atoms with Gasteiger partial charge in [0.25, 0.3) is 0 Å². The van der Waals surface area contributed by atoms with Crippen molar-refractivity contribution in [1.29, 1.82) is 0 Å². The van der Waals surface area contributed by atoms with E-state index in [1.54, 1.807) is 6.92 Å². The van der Waals surface area contributed by atoms with Gasteiger partial charge >= 0.3 is 0 Å². The molecule has 2 aromatic carbocycles. The van der Waals surface area contributed by atoms with E-state index in [1.165, 1.54) is 22.0 Å². The Morgan fingerprint density at radius 1 is 1.17 bits per heavy atom. The molecule has 1 atom stereocenters. The number of aryl methyl sites for hydroxylation is 3. The average Bonchev–Trinajstić information content (AvgIpc) is 3.05. The van der Waals surface area contributed by atoms with E-state index < -0.39 is 5.25 Å². The predicted molar refractivity (Wildman–Crippen MR) is 120 cm³/mol. The number of aromatic nitrogens is 3. The number of amides is 1. The highest BCUT2D eigenvalue weighted by molar-refractivity contribution is 8.00. The van der Waals surface area contributed by atoms with Gasteiger partial charge in [-0.3, -0.25) is 4.79 Å². The third kappa shape index (κ3) is 5.54. The highest BCUT2D eigenvalue weighted by atomic mass is 32.2. The van der Waals surface area contributed by atoms with Gasteiger partial charge in [0.05, 0.1) is 5.25 Å². The zero-order valence-corrected chi connectivity index (χ0v) is 18.5. The number of carbonyl (C=O) groups excluding carboxylic acids is 1. The van der Waals surface area contributed by atoms with Gasteiger partial charge in [0.2, 0.25) is 11.1 Å². The number of hydrogen-bond acceptors (Lipinski definition) is 6. The van der Waals surface area contributed by atoms with E-state index >= 15 is 0 Å². The van der Waals surface area contributed by atoms with Crippen LogP contribution in [-0.4, -0.2) is 26.0 Å². The van der Waals surface area contributed by atoms with Gasteiger partial charge in [-0.25, -0.2) is 4.68 Å². The molecule has 30 heavy (non-hydrogen) atoms. The molecule has 0 radical (unpaired) electrons. The average molecular weight is 426 g/mol. The minimum absolute atomic E-state index is 0.125. The third-order valence-electron chi connectivity index (χ3n) is 4.58. The summed E-state index contributed by atoms with van der Waals surface area (Å²) in [5, 5.41) is 11.2. The summed E-state index contributed by atoms with van der Waals surface area (Å²) in [7, 11) is 0. The van der Waals surface area contributed by atoms with Gasteiger partial charge in [0.1, 0.15) is 12.4 Å². The quantitative estimate of drug-likeness (QED) is 0.420. The van der Waals surface area contributed by atoms with Crippen LogP contribution in [0.4, 0.5) is 5.69 Å². The first-order chi connectivity index (χ1) is 14.4. The second-order valence-corrected chi connectivity index (χ2v) is 8.49. The number of rotatable bonds is 8. The minimum Gasteiger partial charge on any atom is -0.486 e. The van der Waals surface area contributed by atoms with Crippen molar-refractivity contribution in [2.45, 2.75) is 51.1 Å². The fraction of sp³-hybridized carbons (Fsp3) is 0.318. The molecular weight excluding hydrogens is 398 g/mol. The summed E-state index contributed by atoms with van der Waals surface area (Å²) in [5.74, 6) is 7.24. The SMILES string of the molecule is CCc1ccc(NC(=O)[C@@H](C)Sc2nnc(COc3cc(C)cc(C)c3)n2N)cc1. The van der Waals surface area contributed by atoms with Gasteiger partial charge < -0.3 is 15.9 Å². The van der Waals surface area contributed by atoms with Crippen LogP contribution < -0.4 is 15.9 Å². The molecule has 0 unspecified atom stereocenters. The molecule has 0 saturated heterocycles. The summed E-state index contributed by atoms with van der Waals surface area (Å²) in [4.78, 5) is 12.5. The summed E-state index contributed by atoms with van der Waals surface area (Å²) in [5.41, 5.74) is 4.24. The second kappa shape index (κ2) is 9.67. The first-order valence-corrected chi connectivity index (χ1v) is 10.7. The molecule has 3 N–H and O–H groups in total. The van der Waals surface area contributed by atoms with Gasteiger partial charge in [0, 0.05) is 5.69 Å². The molecule has 0 spiro atoms. The van der Waals surface area contributed by atoms with Gasteiger partial charge in [-0.05, 0) is 68.1 Å². The van der Waals surface area contributed by atoms with Crippen molar-refractivity contribution in [3.63, 3.8) is 0 Å². The van der Waals surface area contributed by atoms with Crippen molar-refractivity contribution in [2.24, 2.45) is 0 Å². The lowest BCUT2D eigenvalue weighted by molar-refractivity contribution is -0.115. The summed E-state index contributed by atoms with van der Waals surface area (Å²) >= 11 is 1.25. The maximum Gasteiger partial charge on any atom is 0.237 e. The Morgan fingerprint density at radius 3 is 2.47 bits per heavy atom. The molecule has 3 rings (SSSR count). The van der Waals surface area contributed by atoms with Crippen LogP contribution >= 0.6 is 11.8 Å². The Bertz CT molecular complexity index is 997. The lowest BCUT2D eigenvalue weighted by Crippen LogP contribution is -2.24. The molecule has 0 aliphatic rings. The van der Waals surface area contributed by atoms with Crippen LogP contribution in [0.5, 0.6) is 5.75 Å². The molecule has 158 valence electrons. The molecule has 7 nitrogen and oxygen atoms in total. The van der Waals surface area contributed by atoms with Crippen molar-refractivity contribution < 1.29 is 9.53 Å². The van der Waals surface area contributed by atoms with Gasteiger partial charge in [0.15, 0.2) is 5.82 Å². The summed E-state index contributed by atoms with van der Waals surface area (Å²) in [6.07, 6.45) is 0.960. The maximum atomic E-state index is 12.5. The van der Waals surface area contributed by atoms with E-state index in [0.717, 1.165) is 29.0 Å². The van der Waals surface area contributed by atoms with Crippen LogP contribution in [0.15, 0.2) is 47.6 Å². The number of ether oxygens (including phenoxy) is 1. The van der Waals surface area contributed by atoms with Crippen molar-refractivity contribution in [3.8, 4) is 5.75 Å². The normalized spacial score (nSPS) is 11.9. The van der Waals surface area contributed by atoms with Crippen LogP contribution in [0.1, 0.15) is 36.4 Å². The van der Waals surface area contributed by atoms with Crippen LogP contribution in [0.3, 0.4) is 0 Å². The number of hydrogen-bond donors (Lipinski definition) is 2. The smallest absolute Gasteiger partial charge is 0.237 e.